The number of pyridine rings is 1. The van der Waals surface area contributed by atoms with E-state index < -0.39 is 0 Å². The molecule has 0 bridgehead atoms. The second kappa shape index (κ2) is 11.6. The quantitative estimate of drug-likeness (QED) is 0.499. The van der Waals surface area contributed by atoms with E-state index in [0.29, 0.717) is 23.8 Å². The van der Waals surface area contributed by atoms with Gasteiger partial charge in [0.25, 0.3) is 0 Å². The van der Waals surface area contributed by atoms with E-state index in [0.717, 1.165) is 56.5 Å². The van der Waals surface area contributed by atoms with Gasteiger partial charge in [-0.15, -0.1) is 0 Å². The van der Waals surface area contributed by atoms with Crippen LogP contribution < -0.4 is 19.5 Å². The Morgan fingerprint density at radius 3 is 2.31 bits per heavy atom. The van der Waals surface area contributed by atoms with E-state index in [1.165, 1.54) is 5.56 Å². The number of piperazine rings is 1. The van der Waals surface area contributed by atoms with Crippen LogP contribution in [0.15, 0.2) is 35.5 Å². The van der Waals surface area contributed by atoms with E-state index in [4.69, 9.17) is 19.2 Å². The number of ether oxygens (including phenoxy) is 3. The summed E-state index contributed by atoms with van der Waals surface area (Å²) in [5.41, 5.74) is 3.32. The van der Waals surface area contributed by atoms with Gasteiger partial charge >= 0.3 is 0 Å². The highest BCUT2D eigenvalue weighted by atomic mass is 16.5. The zero-order valence-corrected chi connectivity index (χ0v) is 19.9. The molecule has 1 aromatic carbocycles. The van der Waals surface area contributed by atoms with Crippen LogP contribution in [0.25, 0.3) is 0 Å². The van der Waals surface area contributed by atoms with Crippen LogP contribution in [0, 0.1) is 6.92 Å². The average molecular weight is 442 g/mol. The van der Waals surface area contributed by atoms with Gasteiger partial charge in [0.05, 0.1) is 33.6 Å². The van der Waals surface area contributed by atoms with Gasteiger partial charge in [0.15, 0.2) is 17.5 Å². The molecule has 1 aliphatic rings. The average Bonchev–Trinajstić information content (AvgIpc) is 2.82. The molecule has 1 fully saturated rings. The lowest BCUT2D eigenvalue weighted by Gasteiger charge is -2.36. The number of hydrogen-bond donors (Lipinski definition) is 1. The van der Waals surface area contributed by atoms with Crippen molar-refractivity contribution in [3.05, 3.63) is 47.3 Å². The molecule has 0 amide bonds. The largest absolute Gasteiger partial charge is 0.493 e. The highest BCUT2D eigenvalue weighted by molar-refractivity contribution is 5.80. The Kier molecular flexibility index (Phi) is 8.56. The summed E-state index contributed by atoms with van der Waals surface area (Å²) in [6.07, 6.45) is 1.83. The Hall–Kier alpha value is -3.00. The van der Waals surface area contributed by atoms with Gasteiger partial charge in [-0.05, 0) is 43.2 Å². The molecule has 1 N–H and O–H groups in total. The summed E-state index contributed by atoms with van der Waals surface area (Å²) < 4.78 is 16.4. The number of hydrogen-bond acceptors (Lipinski definition) is 6. The van der Waals surface area contributed by atoms with Gasteiger partial charge in [-0.2, -0.15) is 0 Å². The lowest BCUT2D eigenvalue weighted by atomic mass is 10.1. The molecule has 8 nitrogen and oxygen atoms in total. The third kappa shape index (κ3) is 5.82. The maximum atomic E-state index is 5.49. The van der Waals surface area contributed by atoms with Crippen molar-refractivity contribution in [2.24, 2.45) is 4.99 Å². The van der Waals surface area contributed by atoms with Crippen molar-refractivity contribution in [3.8, 4) is 17.2 Å². The van der Waals surface area contributed by atoms with Crippen LogP contribution in [0.3, 0.4) is 0 Å². The zero-order chi connectivity index (χ0) is 22.9. The molecule has 0 saturated carbocycles. The molecular weight excluding hydrogens is 406 g/mol. The Morgan fingerprint density at radius 1 is 1.06 bits per heavy atom. The molecule has 0 aliphatic carbocycles. The van der Waals surface area contributed by atoms with Crippen LogP contribution >= 0.6 is 0 Å². The van der Waals surface area contributed by atoms with Gasteiger partial charge in [-0.1, -0.05) is 6.07 Å². The second-order valence-corrected chi connectivity index (χ2v) is 7.73. The zero-order valence-electron chi connectivity index (χ0n) is 19.9. The molecule has 2 heterocycles. The fourth-order valence-electron chi connectivity index (χ4n) is 3.86. The van der Waals surface area contributed by atoms with E-state index in [9.17, 15) is 0 Å². The summed E-state index contributed by atoms with van der Waals surface area (Å²) in [5.74, 6) is 2.95. The fourth-order valence-corrected chi connectivity index (χ4v) is 3.86. The molecule has 2 aromatic rings. The Bertz CT molecular complexity index is 885. The van der Waals surface area contributed by atoms with E-state index in [1.54, 1.807) is 21.3 Å². The van der Waals surface area contributed by atoms with Crippen molar-refractivity contribution in [2.75, 3.05) is 54.1 Å². The molecular formula is C24H35N5O3. The molecule has 174 valence electrons. The molecule has 1 aromatic heterocycles. The Labute approximate surface area is 191 Å². The second-order valence-electron chi connectivity index (χ2n) is 7.73. The summed E-state index contributed by atoms with van der Waals surface area (Å²) >= 11 is 0. The lowest BCUT2D eigenvalue weighted by Crippen LogP contribution is -2.52. The molecule has 0 radical (unpaired) electrons. The van der Waals surface area contributed by atoms with Crippen LogP contribution in [0.5, 0.6) is 17.2 Å². The predicted molar refractivity (Wildman–Crippen MR) is 127 cm³/mol. The summed E-state index contributed by atoms with van der Waals surface area (Å²) in [6, 6.07) is 8.08. The van der Waals surface area contributed by atoms with Crippen molar-refractivity contribution in [1.82, 2.24) is 20.1 Å². The van der Waals surface area contributed by atoms with E-state index >= 15 is 0 Å². The van der Waals surface area contributed by atoms with Crippen LogP contribution in [-0.2, 0) is 13.1 Å². The van der Waals surface area contributed by atoms with Crippen LogP contribution in [0.1, 0.15) is 23.7 Å². The van der Waals surface area contributed by atoms with Crippen molar-refractivity contribution in [1.29, 1.82) is 0 Å². The molecule has 0 unspecified atom stereocenters. The van der Waals surface area contributed by atoms with Gasteiger partial charge in [0, 0.05) is 45.5 Å². The number of benzene rings is 1. The number of methoxy groups -OCH3 is 3. The van der Waals surface area contributed by atoms with Crippen molar-refractivity contribution in [3.63, 3.8) is 0 Å². The predicted octanol–water partition coefficient (Wildman–Crippen LogP) is 2.70. The number of aliphatic imine (C=N–C) groups is 1. The molecule has 3 rings (SSSR count). The summed E-state index contributed by atoms with van der Waals surface area (Å²) in [6.45, 7) is 10.1. The third-order valence-electron chi connectivity index (χ3n) is 5.63. The highest BCUT2D eigenvalue weighted by Crippen LogP contribution is 2.38. The number of guanidine groups is 1. The molecule has 1 saturated heterocycles. The highest BCUT2D eigenvalue weighted by Gasteiger charge is 2.21. The first-order valence-corrected chi connectivity index (χ1v) is 11.0. The number of aromatic nitrogens is 1. The third-order valence-corrected chi connectivity index (χ3v) is 5.63. The maximum Gasteiger partial charge on any atom is 0.203 e. The number of aryl methyl sites for hydroxylation is 1. The van der Waals surface area contributed by atoms with Crippen molar-refractivity contribution < 1.29 is 14.2 Å². The van der Waals surface area contributed by atoms with Crippen molar-refractivity contribution >= 4 is 5.96 Å². The van der Waals surface area contributed by atoms with Crippen molar-refractivity contribution in [2.45, 2.75) is 26.9 Å². The van der Waals surface area contributed by atoms with Gasteiger partial charge in [0.1, 0.15) is 0 Å². The first-order valence-electron chi connectivity index (χ1n) is 11.0. The summed E-state index contributed by atoms with van der Waals surface area (Å²) in [4.78, 5) is 14.1. The number of nitrogens with zero attached hydrogens (tertiary/aromatic N) is 4. The standard InChI is InChI=1S/C24H35N5O3/c1-6-25-24(27-16-20-18(2)8-7-9-26-20)29-12-10-28(11-13-29)17-19-14-21(30-3)23(32-5)22(15-19)31-4/h7-9,14-15H,6,10-13,16-17H2,1-5H3,(H,25,27). The first-order chi connectivity index (χ1) is 15.6. The minimum atomic E-state index is 0.584. The molecule has 1 aliphatic heterocycles. The SMILES string of the molecule is CCNC(=NCc1ncccc1C)N1CCN(Cc2cc(OC)c(OC)c(OC)c2)CC1. The normalized spacial score (nSPS) is 14.9. The van der Waals surface area contributed by atoms with Gasteiger partial charge in [0.2, 0.25) is 5.75 Å². The maximum absolute atomic E-state index is 5.49. The van der Waals surface area contributed by atoms with Crippen LogP contribution in [0.2, 0.25) is 0 Å². The first kappa shape index (κ1) is 23.7. The van der Waals surface area contributed by atoms with E-state index in [2.05, 4.69) is 40.0 Å². The fraction of sp³-hybridized carbons (Fsp3) is 0.500. The van der Waals surface area contributed by atoms with Crippen LogP contribution in [-0.4, -0.2) is 74.8 Å². The minimum Gasteiger partial charge on any atom is -0.493 e. The number of rotatable bonds is 8. The summed E-state index contributed by atoms with van der Waals surface area (Å²) in [7, 11) is 4.92. The lowest BCUT2D eigenvalue weighted by molar-refractivity contribution is 0.172. The van der Waals surface area contributed by atoms with Gasteiger partial charge < -0.3 is 24.4 Å². The van der Waals surface area contributed by atoms with E-state index in [1.807, 2.05) is 24.4 Å². The molecule has 8 heteroatoms. The monoisotopic (exact) mass is 441 g/mol. The topological polar surface area (TPSA) is 71.5 Å². The summed E-state index contributed by atoms with van der Waals surface area (Å²) in [5, 5.41) is 3.43. The van der Waals surface area contributed by atoms with Gasteiger partial charge in [-0.3, -0.25) is 9.88 Å². The minimum absolute atomic E-state index is 0.584. The molecule has 0 atom stereocenters. The smallest absolute Gasteiger partial charge is 0.203 e. The Morgan fingerprint density at radius 2 is 1.75 bits per heavy atom. The van der Waals surface area contributed by atoms with Gasteiger partial charge in [-0.25, -0.2) is 4.99 Å². The van der Waals surface area contributed by atoms with Crippen LogP contribution in [0.4, 0.5) is 0 Å². The number of nitrogens with one attached hydrogen (secondary N) is 1. The molecule has 32 heavy (non-hydrogen) atoms. The molecule has 0 spiro atoms. The Balaban J connectivity index is 1.63. The van der Waals surface area contributed by atoms with E-state index in [-0.39, 0.29) is 0 Å².